The minimum Gasteiger partial charge on any atom is -0.444 e. The van der Waals surface area contributed by atoms with E-state index in [4.69, 9.17) is 15.9 Å². The van der Waals surface area contributed by atoms with Gasteiger partial charge in [0, 0.05) is 5.56 Å². The van der Waals surface area contributed by atoms with Crippen LogP contribution in [0.25, 0.3) is 11.5 Å². The Labute approximate surface area is 125 Å². The summed E-state index contributed by atoms with van der Waals surface area (Å²) in [6, 6.07) is 7.59. The van der Waals surface area contributed by atoms with Crippen molar-refractivity contribution in [3.63, 3.8) is 0 Å². The van der Waals surface area contributed by atoms with Crippen molar-refractivity contribution in [2.24, 2.45) is 11.5 Å². The molecule has 0 aliphatic rings. The van der Waals surface area contributed by atoms with Crippen LogP contribution in [0.1, 0.15) is 5.69 Å². The maximum absolute atomic E-state index is 11.8. The third kappa shape index (κ3) is 3.69. The highest BCUT2D eigenvalue weighted by molar-refractivity contribution is 6.05. The second kappa shape index (κ2) is 6.53. The van der Waals surface area contributed by atoms with Gasteiger partial charge in [-0.25, -0.2) is 4.98 Å². The van der Waals surface area contributed by atoms with Crippen molar-refractivity contribution in [2.75, 3.05) is 0 Å². The Kier molecular flexibility index (Phi) is 4.52. The van der Waals surface area contributed by atoms with Gasteiger partial charge in [0.05, 0.1) is 12.1 Å². The summed E-state index contributed by atoms with van der Waals surface area (Å²) in [7, 11) is 0. The first-order chi connectivity index (χ1) is 10.5. The normalized spacial score (nSPS) is 10.4. The van der Waals surface area contributed by atoms with Gasteiger partial charge < -0.3 is 21.2 Å². The first-order valence-electron chi connectivity index (χ1n) is 6.35. The van der Waals surface area contributed by atoms with Crippen molar-refractivity contribution in [1.29, 1.82) is 0 Å². The standard InChI is InChI=1S/C14H14N4O4/c15-12(20)11(13(16)21)18-10(19)6-9-7-22-14(17-9)8-4-2-1-3-5-8/h1-5,7,11H,6H2,(H2,15,20)(H2,16,21)(H,18,19). The Morgan fingerprint density at radius 2 is 1.77 bits per heavy atom. The molecular formula is C14H14N4O4. The molecule has 2 rings (SSSR count). The lowest BCUT2D eigenvalue weighted by molar-refractivity contribution is -0.133. The van der Waals surface area contributed by atoms with Crippen LogP contribution in [0, 0.1) is 0 Å². The molecule has 8 heteroatoms. The van der Waals surface area contributed by atoms with Gasteiger partial charge in [-0.05, 0) is 12.1 Å². The highest BCUT2D eigenvalue weighted by Crippen LogP contribution is 2.17. The number of aromatic nitrogens is 1. The van der Waals surface area contributed by atoms with E-state index in [9.17, 15) is 14.4 Å². The molecule has 5 N–H and O–H groups in total. The molecule has 0 saturated heterocycles. The number of hydrogen-bond acceptors (Lipinski definition) is 5. The molecule has 3 amide bonds. The number of hydrogen-bond donors (Lipinski definition) is 3. The van der Waals surface area contributed by atoms with Crippen molar-refractivity contribution >= 4 is 17.7 Å². The van der Waals surface area contributed by atoms with E-state index < -0.39 is 23.8 Å². The highest BCUT2D eigenvalue weighted by Gasteiger charge is 2.24. The first-order valence-corrected chi connectivity index (χ1v) is 6.35. The lowest BCUT2D eigenvalue weighted by atomic mass is 10.2. The fourth-order valence-electron chi connectivity index (χ4n) is 1.76. The fourth-order valence-corrected chi connectivity index (χ4v) is 1.76. The minimum atomic E-state index is -1.55. The fraction of sp³-hybridized carbons (Fsp3) is 0.143. The van der Waals surface area contributed by atoms with Gasteiger partial charge in [0.1, 0.15) is 6.26 Å². The number of primary amides is 2. The molecule has 2 aromatic rings. The number of carbonyl (C=O) groups excluding carboxylic acids is 3. The molecule has 0 fully saturated rings. The van der Waals surface area contributed by atoms with Crippen LogP contribution in [0.4, 0.5) is 0 Å². The highest BCUT2D eigenvalue weighted by atomic mass is 16.3. The van der Waals surface area contributed by atoms with Crippen molar-refractivity contribution in [2.45, 2.75) is 12.5 Å². The van der Waals surface area contributed by atoms with Crippen molar-refractivity contribution in [1.82, 2.24) is 10.3 Å². The van der Waals surface area contributed by atoms with Crippen LogP contribution in [0.3, 0.4) is 0 Å². The molecule has 0 radical (unpaired) electrons. The Hall–Kier alpha value is -3.16. The maximum atomic E-state index is 11.8. The van der Waals surface area contributed by atoms with E-state index in [0.29, 0.717) is 11.6 Å². The average Bonchev–Trinajstić information content (AvgIpc) is 2.93. The molecule has 22 heavy (non-hydrogen) atoms. The molecule has 0 saturated carbocycles. The largest absolute Gasteiger partial charge is 0.444 e. The SMILES string of the molecule is NC(=O)C(NC(=O)Cc1coc(-c2ccccc2)n1)C(N)=O. The van der Waals surface area contributed by atoms with E-state index in [1.807, 2.05) is 30.3 Å². The molecule has 0 atom stereocenters. The molecule has 0 aliphatic carbocycles. The van der Waals surface area contributed by atoms with Gasteiger partial charge in [-0.3, -0.25) is 14.4 Å². The third-order valence-corrected chi connectivity index (χ3v) is 2.79. The summed E-state index contributed by atoms with van der Waals surface area (Å²) in [6.45, 7) is 0. The van der Waals surface area contributed by atoms with Crippen molar-refractivity contribution in [3.05, 3.63) is 42.3 Å². The topological polar surface area (TPSA) is 141 Å². The minimum absolute atomic E-state index is 0.173. The number of nitrogens with one attached hydrogen (secondary N) is 1. The molecule has 1 aromatic heterocycles. The van der Waals surface area contributed by atoms with Gasteiger partial charge in [-0.1, -0.05) is 18.2 Å². The summed E-state index contributed by atoms with van der Waals surface area (Å²) in [6.07, 6.45) is 1.15. The Morgan fingerprint density at radius 1 is 1.14 bits per heavy atom. The van der Waals surface area contributed by atoms with Crippen molar-refractivity contribution < 1.29 is 18.8 Å². The smallest absolute Gasteiger partial charge is 0.249 e. The second-order valence-corrected chi connectivity index (χ2v) is 4.49. The molecule has 0 aliphatic heterocycles. The summed E-state index contributed by atoms with van der Waals surface area (Å²) in [5.41, 5.74) is 11.1. The second-order valence-electron chi connectivity index (χ2n) is 4.49. The first kappa shape index (κ1) is 15.2. The zero-order chi connectivity index (χ0) is 16.1. The number of rotatable bonds is 6. The molecule has 0 unspecified atom stereocenters. The molecule has 1 aromatic carbocycles. The van der Waals surface area contributed by atoms with Gasteiger partial charge in [-0.2, -0.15) is 0 Å². The summed E-state index contributed by atoms with van der Waals surface area (Å²) in [4.78, 5) is 37.9. The maximum Gasteiger partial charge on any atom is 0.249 e. The summed E-state index contributed by atoms with van der Waals surface area (Å²) in [5.74, 6) is -2.29. The van der Waals surface area contributed by atoms with Gasteiger partial charge in [-0.15, -0.1) is 0 Å². The average molecular weight is 302 g/mol. The molecule has 1 heterocycles. The van der Waals surface area contributed by atoms with E-state index >= 15 is 0 Å². The van der Waals surface area contributed by atoms with Crippen LogP contribution < -0.4 is 16.8 Å². The predicted molar refractivity (Wildman–Crippen MR) is 76.0 cm³/mol. The number of carbonyl (C=O) groups is 3. The number of oxazole rings is 1. The van der Waals surface area contributed by atoms with Crippen LogP contribution >= 0.6 is 0 Å². The molecule has 0 bridgehead atoms. The van der Waals surface area contributed by atoms with Crippen LogP contribution in [0.15, 0.2) is 41.0 Å². The van der Waals surface area contributed by atoms with Gasteiger partial charge in [0.25, 0.3) is 0 Å². The van der Waals surface area contributed by atoms with Crippen LogP contribution in [0.5, 0.6) is 0 Å². The molecular weight excluding hydrogens is 288 g/mol. The summed E-state index contributed by atoms with van der Waals surface area (Å²) >= 11 is 0. The van der Waals surface area contributed by atoms with Crippen molar-refractivity contribution in [3.8, 4) is 11.5 Å². The monoisotopic (exact) mass is 302 g/mol. The Morgan fingerprint density at radius 3 is 2.36 bits per heavy atom. The van der Waals surface area contributed by atoms with Crippen LogP contribution in [-0.2, 0) is 20.8 Å². The van der Waals surface area contributed by atoms with E-state index in [-0.39, 0.29) is 6.42 Å². The molecule has 0 spiro atoms. The van der Waals surface area contributed by atoms with Crippen LogP contribution in [0.2, 0.25) is 0 Å². The third-order valence-electron chi connectivity index (χ3n) is 2.79. The van der Waals surface area contributed by atoms with E-state index in [1.165, 1.54) is 6.26 Å². The summed E-state index contributed by atoms with van der Waals surface area (Å²) < 4.78 is 5.28. The quantitative estimate of drug-likeness (QED) is 0.607. The number of nitrogens with two attached hydrogens (primary N) is 2. The van der Waals surface area contributed by atoms with E-state index in [0.717, 1.165) is 5.56 Å². The van der Waals surface area contributed by atoms with Gasteiger partial charge in [0.2, 0.25) is 23.6 Å². The predicted octanol–water partition coefficient (Wildman–Crippen LogP) is -0.661. The van der Waals surface area contributed by atoms with E-state index in [2.05, 4.69) is 10.3 Å². The number of nitrogens with zero attached hydrogens (tertiary/aromatic N) is 1. The molecule has 8 nitrogen and oxygen atoms in total. The zero-order valence-corrected chi connectivity index (χ0v) is 11.5. The summed E-state index contributed by atoms with van der Waals surface area (Å²) in [5, 5.41) is 2.14. The van der Waals surface area contributed by atoms with Gasteiger partial charge in [0.15, 0.2) is 6.04 Å². The Balaban J connectivity index is 2.02. The molecule has 114 valence electrons. The zero-order valence-electron chi connectivity index (χ0n) is 11.5. The van der Waals surface area contributed by atoms with E-state index in [1.54, 1.807) is 0 Å². The van der Waals surface area contributed by atoms with Gasteiger partial charge >= 0.3 is 0 Å². The number of benzene rings is 1. The Bertz CT molecular complexity index is 682. The lowest BCUT2D eigenvalue weighted by Gasteiger charge is -2.10. The number of amides is 3. The van der Waals surface area contributed by atoms with Crippen LogP contribution in [-0.4, -0.2) is 28.7 Å². The lowest BCUT2D eigenvalue weighted by Crippen LogP contribution is -2.52.